The smallest absolute Gasteiger partial charge is 0.0827 e. The van der Waals surface area contributed by atoms with Crippen LogP contribution in [0, 0.1) is 20.8 Å². The molecule has 1 heterocycles. The highest BCUT2D eigenvalue weighted by Gasteiger charge is 2.07. The van der Waals surface area contributed by atoms with Gasteiger partial charge in [-0.1, -0.05) is 22.9 Å². The van der Waals surface area contributed by atoms with E-state index < -0.39 is 0 Å². The highest BCUT2D eigenvalue weighted by Crippen LogP contribution is 2.17. The molecule has 0 fully saturated rings. The predicted octanol–water partition coefficient (Wildman–Crippen LogP) is 3.42. The summed E-state index contributed by atoms with van der Waals surface area (Å²) in [5.74, 6) is 0.670. The molecule has 0 unspecified atom stereocenters. The monoisotopic (exact) mass is 277 g/mol. The lowest BCUT2D eigenvalue weighted by molar-refractivity contribution is 0.644. The molecule has 0 saturated carbocycles. The molecule has 102 valence electrons. The molecule has 0 aliphatic carbocycles. The Bertz CT molecular complexity index is 537. The van der Waals surface area contributed by atoms with Gasteiger partial charge in [-0.15, -0.1) is 16.7 Å². The lowest BCUT2D eigenvalue weighted by atomic mass is 10.00. The van der Waals surface area contributed by atoms with E-state index in [-0.39, 0.29) is 0 Å². The van der Waals surface area contributed by atoms with Crippen LogP contribution in [0.5, 0.6) is 0 Å². The highest BCUT2D eigenvalue weighted by molar-refractivity contribution is 6.17. The first-order chi connectivity index (χ1) is 9.10. The highest BCUT2D eigenvalue weighted by atomic mass is 35.5. The normalized spacial score (nSPS) is 10.9. The molecule has 4 heteroatoms. The van der Waals surface area contributed by atoms with Crippen LogP contribution in [0.1, 0.15) is 34.4 Å². The minimum absolute atomic E-state index is 0.670. The minimum atomic E-state index is 0.670. The van der Waals surface area contributed by atoms with E-state index in [2.05, 4.69) is 43.2 Å². The molecule has 0 aliphatic rings. The molecular weight excluding hydrogens is 258 g/mol. The molecule has 0 bridgehead atoms. The fraction of sp³-hybridized carbons (Fsp3) is 0.467. The van der Waals surface area contributed by atoms with E-state index in [1.807, 2.05) is 10.9 Å². The number of hydrogen-bond acceptors (Lipinski definition) is 2. The van der Waals surface area contributed by atoms with Crippen molar-refractivity contribution in [2.24, 2.45) is 0 Å². The van der Waals surface area contributed by atoms with Gasteiger partial charge in [0, 0.05) is 12.1 Å². The van der Waals surface area contributed by atoms with Gasteiger partial charge in [-0.3, -0.25) is 0 Å². The van der Waals surface area contributed by atoms with Gasteiger partial charge in [0.2, 0.25) is 0 Å². The van der Waals surface area contributed by atoms with Crippen molar-refractivity contribution in [3.8, 4) is 0 Å². The van der Waals surface area contributed by atoms with Gasteiger partial charge >= 0.3 is 0 Å². The molecule has 2 aromatic rings. The van der Waals surface area contributed by atoms with Gasteiger partial charge in [-0.05, 0) is 50.3 Å². The van der Waals surface area contributed by atoms with Crippen LogP contribution in [-0.2, 0) is 13.0 Å². The quantitative estimate of drug-likeness (QED) is 0.784. The van der Waals surface area contributed by atoms with E-state index in [4.69, 9.17) is 11.6 Å². The van der Waals surface area contributed by atoms with Crippen LogP contribution >= 0.6 is 11.6 Å². The van der Waals surface area contributed by atoms with Gasteiger partial charge in [0.15, 0.2) is 0 Å². The molecule has 0 N–H and O–H groups in total. The second kappa shape index (κ2) is 6.20. The first kappa shape index (κ1) is 14.1. The van der Waals surface area contributed by atoms with Gasteiger partial charge in [0.1, 0.15) is 0 Å². The molecule has 1 aromatic heterocycles. The number of aryl methyl sites for hydroxylation is 4. The Morgan fingerprint density at radius 1 is 1.16 bits per heavy atom. The summed E-state index contributed by atoms with van der Waals surface area (Å²) in [6, 6.07) is 4.43. The van der Waals surface area contributed by atoms with Gasteiger partial charge in [0.25, 0.3) is 0 Å². The number of hydrogen-bond donors (Lipinski definition) is 0. The van der Waals surface area contributed by atoms with Crippen LogP contribution in [0.3, 0.4) is 0 Å². The summed E-state index contributed by atoms with van der Waals surface area (Å²) in [5.41, 5.74) is 6.29. The summed E-state index contributed by atoms with van der Waals surface area (Å²) in [6.45, 7) is 7.22. The first-order valence-electron chi connectivity index (χ1n) is 6.62. The Labute approximate surface area is 119 Å². The zero-order chi connectivity index (χ0) is 13.8. The van der Waals surface area contributed by atoms with Gasteiger partial charge < -0.3 is 0 Å². The van der Waals surface area contributed by atoms with Crippen LogP contribution in [0.2, 0.25) is 0 Å². The fourth-order valence-corrected chi connectivity index (χ4v) is 2.53. The van der Waals surface area contributed by atoms with Gasteiger partial charge in [-0.2, -0.15) is 0 Å². The van der Waals surface area contributed by atoms with Crippen molar-refractivity contribution in [2.45, 2.75) is 40.2 Å². The molecule has 19 heavy (non-hydrogen) atoms. The Morgan fingerprint density at radius 3 is 2.47 bits per heavy atom. The van der Waals surface area contributed by atoms with Crippen molar-refractivity contribution in [1.29, 1.82) is 0 Å². The van der Waals surface area contributed by atoms with Crippen LogP contribution in [0.25, 0.3) is 0 Å². The molecule has 2 rings (SSSR count). The summed E-state index contributed by atoms with van der Waals surface area (Å²) in [5, 5.41) is 8.37. The number of aromatic nitrogens is 3. The first-order valence-corrected chi connectivity index (χ1v) is 7.15. The lowest BCUT2D eigenvalue weighted by Gasteiger charge is -2.10. The Hall–Kier alpha value is -1.35. The van der Waals surface area contributed by atoms with Crippen molar-refractivity contribution in [3.63, 3.8) is 0 Å². The van der Waals surface area contributed by atoms with Gasteiger partial charge in [0.05, 0.1) is 12.2 Å². The largest absolute Gasteiger partial charge is 0.248 e. The molecular formula is C15H20ClN3. The number of nitrogens with zero attached hydrogens (tertiary/aromatic N) is 3. The minimum Gasteiger partial charge on any atom is -0.248 e. The van der Waals surface area contributed by atoms with E-state index in [1.165, 1.54) is 22.3 Å². The maximum Gasteiger partial charge on any atom is 0.0827 e. The number of benzene rings is 1. The van der Waals surface area contributed by atoms with Crippen molar-refractivity contribution >= 4 is 11.6 Å². The van der Waals surface area contributed by atoms with Crippen LogP contribution < -0.4 is 0 Å². The number of alkyl halides is 1. The Morgan fingerprint density at radius 2 is 1.84 bits per heavy atom. The molecule has 0 atom stereocenters. The van der Waals surface area contributed by atoms with Crippen LogP contribution in [0.15, 0.2) is 18.3 Å². The third kappa shape index (κ3) is 3.57. The molecule has 0 radical (unpaired) electrons. The van der Waals surface area contributed by atoms with E-state index >= 15 is 0 Å². The number of halogens is 1. The van der Waals surface area contributed by atoms with E-state index in [9.17, 15) is 0 Å². The van der Waals surface area contributed by atoms with Crippen molar-refractivity contribution < 1.29 is 0 Å². The summed E-state index contributed by atoms with van der Waals surface area (Å²) in [4.78, 5) is 0. The topological polar surface area (TPSA) is 30.7 Å². The van der Waals surface area contributed by atoms with Crippen molar-refractivity contribution in [2.75, 3.05) is 5.88 Å². The Balaban J connectivity index is 2.15. The van der Waals surface area contributed by atoms with Crippen molar-refractivity contribution in [3.05, 3.63) is 46.3 Å². The third-order valence-electron chi connectivity index (χ3n) is 3.31. The average Bonchev–Trinajstić information content (AvgIpc) is 2.79. The molecule has 0 saturated heterocycles. The lowest BCUT2D eigenvalue weighted by Crippen LogP contribution is -2.04. The van der Waals surface area contributed by atoms with Crippen molar-refractivity contribution in [1.82, 2.24) is 15.0 Å². The maximum absolute atomic E-state index is 5.69. The third-order valence-corrected chi connectivity index (χ3v) is 3.58. The zero-order valence-electron chi connectivity index (χ0n) is 11.8. The standard InChI is InChI=1S/C15H20ClN3/c1-11-7-12(2)15(13(3)8-11)10-19-9-14(17-18-19)5-4-6-16/h7-9H,4-6,10H2,1-3H3. The summed E-state index contributed by atoms with van der Waals surface area (Å²) in [6.07, 6.45) is 3.86. The van der Waals surface area contributed by atoms with Crippen LogP contribution in [-0.4, -0.2) is 20.9 Å². The fourth-order valence-electron chi connectivity index (χ4n) is 2.40. The SMILES string of the molecule is Cc1cc(C)c(Cn2cc(CCCCl)nn2)c(C)c1. The zero-order valence-corrected chi connectivity index (χ0v) is 12.5. The summed E-state index contributed by atoms with van der Waals surface area (Å²) in [7, 11) is 0. The maximum atomic E-state index is 5.69. The van der Waals surface area contributed by atoms with Crippen LogP contribution in [0.4, 0.5) is 0 Å². The van der Waals surface area contributed by atoms with E-state index in [1.54, 1.807) is 0 Å². The van der Waals surface area contributed by atoms with E-state index in [0.29, 0.717) is 5.88 Å². The molecule has 1 aromatic carbocycles. The predicted molar refractivity (Wildman–Crippen MR) is 78.8 cm³/mol. The average molecular weight is 278 g/mol. The Kier molecular flexibility index (Phi) is 4.59. The molecule has 0 aliphatic heterocycles. The second-order valence-electron chi connectivity index (χ2n) is 5.08. The second-order valence-corrected chi connectivity index (χ2v) is 5.46. The molecule has 0 amide bonds. The number of rotatable bonds is 5. The molecule has 0 spiro atoms. The molecule has 3 nitrogen and oxygen atoms in total. The van der Waals surface area contributed by atoms with E-state index in [0.717, 1.165) is 25.1 Å². The summed E-state index contributed by atoms with van der Waals surface area (Å²) >= 11 is 5.69. The van der Waals surface area contributed by atoms with Gasteiger partial charge in [-0.25, -0.2) is 4.68 Å². The summed E-state index contributed by atoms with van der Waals surface area (Å²) < 4.78 is 1.91.